The number of anilines is 1. The summed E-state index contributed by atoms with van der Waals surface area (Å²) in [7, 11) is 0. The molecule has 1 heterocycles. The number of benzene rings is 2. The molecule has 1 unspecified atom stereocenters. The van der Waals surface area contributed by atoms with E-state index in [0.717, 1.165) is 23.2 Å². The van der Waals surface area contributed by atoms with Crippen molar-refractivity contribution < 1.29 is 9.53 Å². The Bertz CT molecular complexity index is 742. The fourth-order valence-corrected chi connectivity index (χ4v) is 3.78. The molecule has 2 aromatic rings. The number of nitrogens with one attached hydrogen (secondary N) is 1. The van der Waals surface area contributed by atoms with E-state index in [1.165, 1.54) is 19.3 Å². The molecule has 1 amide bonds. The predicted octanol–water partition coefficient (Wildman–Crippen LogP) is 5.34. The Kier molecular flexibility index (Phi) is 3.53. The zero-order chi connectivity index (χ0) is 15.9. The molecule has 1 saturated carbocycles. The summed E-state index contributed by atoms with van der Waals surface area (Å²) in [5.41, 5.74) is 1.98. The van der Waals surface area contributed by atoms with Crippen molar-refractivity contribution in [1.82, 2.24) is 0 Å². The van der Waals surface area contributed by atoms with E-state index in [0.29, 0.717) is 10.9 Å². The Hall–Kier alpha value is -2.00. The van der Waals surface area contributed by atoms with Crippen molar-refractivity contribution in [3.05, 3.63) is 64.7 Å². The minimum atomic E-state index is -0.755. The van der Waals surface area contributed by atoms with Crippen molar-refractivity contribution in [2.45, 2.75) is 31.3 Å². The average Bonchev–Trinajstić information content (AvgIpc) is 2.52. The van der Waals surface area contributed by atoms with Gasteiger partial charge < -0.3 is 4.74 Å². The SMILES string of the molecule is O=C1Nc2ccc(Cl)cc2C(CC2CCC2)(c2ccccc2)O1. The van der Waals surface area contributed by atoms with E-state index in [4.69, 9.17) is 16.3 Å². The summed E-state index contributed by atoms with van der Waals surface area (Å²) in [5.74, 6) is 0.577. The van der Waals surface area contributed by atoms with Gasteiger partial charge in [-0.2, -0.15) is 0 Å². The monoisotopic (exact) mass is 327 g/mol. The van der Waals surface area contributed by atoms with Crippen LogP contribution < -0.4 is 5.32 Å². The molecule has 1 fully saturated rings. The average molecular weight is 328 g/mol. The fourth-order valence-electron chi connectivity index (χ4n) is 3.60. The largest absolute Gasteiger partial charge is 0.433 e. The molecule has 118 valence electrons. The van der Waals surface area contributed by atoms with Gasteiger partial charge in [0, 0.05) is 16.1 Å². The lowest BCUT2D eigenvalue weighted by atomic mass is 9.71. The number of carbonyl (C=O) groups is 1. The van der Waals surface area contributed by atoms with Crippen LogP contribution in [0.4, 0.5) is 10.5 Å². The van der Waals surface area contributed by atoms with Crippen LogP contribution in [-0.2, 0) is 10.3 Å². The number of amides is 1. The van der Waals surface area contributed by atoms with E-state index >= 15 is 0 Å². The number of rotatable bonds is 3. The van der Waals surface area contributed by atoms with Gasteiger partial charge >= 0.3 is 6.09 Å². The van der Waals surface area contributed by atoms with Gasteiger partial charge in [0.15, 0.2) is 5.60 Å². The maximum atomic E-state index is 12.2. The van der Waals surface area contributed by atoms with Gasteiger partial charge in [0.05, 0.1) is 5.69 Å². The minimum absolute atomic E-state index is 0.400. The number of fused-ring (bicyclic) bond motifs is 1. The lowest BCUT2D eigenvalue weighted by molar-refractivity contribution is 0.0138. The van der Waals surface area contributed by atoms with Crippen LogP contribution in [0.3, 0.4) is 0 Å². The maximum Gasteiger partial charge on any atom is 0.412 e. The van der Waals surface area contributed by atoms with Crippen molar-refractivity contribution in [2.75, 3.05) is 5.32 Å². The molecule has 1 aliphatic heterocycles. The second kappa shape index (κ2) is 5.57. The van der Waals surface area contributed by atoms with Crippen LogP contribution in [0.1, 0.15) is 36.8 Å². The summed E-state index contributed by atoms with van der Waals surface area (Å²) >= 11 is 6.24. The van der Waals surface area contributed by atoms with Gasteiger partial charge in [-0.25, -0.2) is 4.79 Å². The molecule has 1 aliphatic carbocycles. The molecular weight excluding hydrogens is 310 g/mol. The second-order valence-electron chi connectivity index (χ2n) is 6.40. The van der Waals surface area contributed by atoms with Crippen LogP contribution in [0.15, 0.2) is 48.5 Å². The summed E-state index contributed by atoms with van der Waals surface area (Å²) < 4.78 is 5.94. The highest BCUT2D eigenvalue weighted by atomic mass is 35.5. The molecule has 0 saturated heterocycles. The first-order valence-corrected chi connectivity index (χ1v) is 8.41. The fraction of sp³-hybridized carbons (Fsp3) is 0.316. The molecule has 0 bridgehead atoms. The van der Waals surface area contributed by atoms with Crippen molar-refractivity contribution in [3.8, 4) is 0 Å². The summed E-state index contributed by atoms with van der Waals surface area (Å²) in [6.07, 6.45) is 4.04. The van der Waals surface area contributed by atoms with Crippen molar-refractivity contribution >= 4 is 23.4 Å². The lowest BCUT2D eigenvalue weighted by Gasteiger charge is -2.43. The van der Waals surface area contributed by atoms with E-state index in [2.05, 4.69) is 5.32 Å². The van der Waals surface area contributed by atoms with Gasteiger partial charge in [0.2, 0.25) is 0 Å². The predicted molar refractivity (Wildman–Crippen MR) is 90.7 cm³/mol. The molecule has 0 aromatic heterocycles. The molecule has 4 rings (SSSR count). The number of carbonyl (C=O) groups excluding carboxylic acids is 1. The smallest absolute Gasteiger partial charge is 0.412 e. The highest BCUT2D eigenvalue weighted by molar-refractivity contribution is 6.30. The van der Waals surface area contributed by atoms with Crippen LogP contribution in [0.5, 0.6) is 0 Å². The highest BCUT2D eigenvalue weighted by Gasteiger charge is 2.46. The van der Waals surface area contributed by atoms with Gasteiger partial charge in [0.1, 0.15) is 0 Å². The Morgan fingerprint density at radius 3 is 2.65 bits per heavy atom. The van der Waals surface area contributed by atoms with E-state index in [-0.39, 0.29) is 0 Å². The van der Waals surface area contributed by atoms with Crippen molar-refractivity contribution in [2.24, 2.45) is 5.92 Å². The minimum Gasteiger partial charge on any atom is -0.433 e. The standard InChI is InChI=1S/C19H18ClNO2/c20-15-9-10-17-16(11-15)19(23-18(22)21-17,12-13-5-4-6-13)14-7-2-1-3-8-14/h1-3,7-11,13H,4-6,12H2,(H,21,22). The summed E-state index contributed by atoms with van der Waals surface area (Å²) in [5, 5.41) is 3.45. The number of ether oxygens (including phenoxy) is 1. The third-order valence-electron chi connectivity index (χ3n) is 4.96. The molecular formula is C19H18ClNO2. The van der Waals surface area contributed by atoms with Crippen LogP contribution in [0.2, 0.25) is 5.02 Å². The highest BCUT2D eigenvalue weighted by Crippen LogP contribution is 2.49. The number of halogens is 1. The Morgan fingerprint density at radius 1 is 1.17 bits per heavy atom. The van der Waals surface area contributed by atoms with E-state index in [9.17, 15) is 4.79 Å². The topological polar surface area (TPSA) is 38.3 Å². The first-order chi connectivity index (χ1) is 11.2. The Balaban J connectivity index is 1.91. The normalized spacial score (nSPS) is 23.4. The molecule has 1 N–H and O–H groups in total. The molecule has 2 aliphatic rings. The van der Waals surface area contributed by atoms with Crippen LogP contribution >= 0.6 is 11.6 Å². The van der Waals surface area contributed by atoms with Gasteiger partial charge in [-0.05, 0) is 30.5 Å². The third-order valence-corrected chi connectivity index (χ3v) is 5.20. The maximum absolute atomic E-state index is 12.2. The van der Waals surface area contributed by atoms with E-state index in [1.807, 2.05) is 42.5 Å². The van der Waals surface area contributed by atoms with Gasteiger partial charge in [-0.15, -0.1) is 0 Å². The van der Waals surface area contributed by atoms with Gasteiger partial charge in [-0.1, -0.05) is 61.2 Å². The van der Waals surface area contributed by atoms with E-state index in [1.54, 1.807) is 6.07 Å². The first kappa shape index (κ1) is 14.6. The Labute approximate surface area is 140 Å². The summed E-state index contributed by atoms with van der Waals surface area (Å²) in [6, 6.07) is 15.6. The zero-order valence-electron chi connectivity index (χ0n) is 12.7. The summed E-state index contributed by atoms with van der Waals surface area (Å²) in [6.45, 7) is 0. The van der Waals surface area contributed by atoms with Crippen LogP contribution in [0.25, 0.3) is 0 Å². The molecule has 0 spiro atoms. The second-order valence-corrected chi connectivity index (χ2v) is 6.83. The van der Waals surface area contributed by atoms with Gasteiger partial charge in [-0.3, -0.25) is 5.32 Å². The zero-order valence-corrected chi connectivity index (χ0v) is 13.5. The van der Waals surface area contributed by atoms with E-state index < -0.39 is 11.7 Å². The molecule has 23 heavy (non-hydrogen) atoms. The van der Waals surface area contributed by atoms with Gasteiger partial charge in [0.25, 0.3) is 0 Å². The van der Waals surface area contributed by atoms with Crippen LogP contribution in [-0.4, -0.2) is 6.09 Å². The van der Waals surface area contributed by atoms with Crippen LogP contribution in [0, 0.1) is 5.92 Å². The van der Waals surface area contributed by atoms with Crippen molar-refractivity contribution in [1.29, 1.82) is 0 Å². The third kappa shape index (κ3) is 2.49. The number of hydrogen-bond donors (Lipinski definition) is 1. The Morgan fingerprint density at radius 2 is 1.96 bits per heavy atom. The lowest BCUT2D eigenvalue weighted by Crippen LogP contribution is -2.42. The molecule has 3 nitrogen and oxygen atoms in total. The number of hydrogen-bond acceptors (Lipinski definition) is 2. The molecule has 1 atom stereocenters. The van der Waals surface area contributed by atoms with Crippen molar-refractivity contribution in [3.63, 3.8) is 0 Å². The molecule has 0 radical (unpaired) electrons. The first-order valence-electron chi connectivity index (χ1n) is 8.03. The summed E-state index contributed by atoms with van der Waals surface area (Å²) in [4.78, 5) is 12.2. The molecule has 2 aromatic carbocycles. The molecule has 4 heteroatoms. The number of cyclic esters (lactones) is 1. The quantitative estimate of drug-likeness (QED) is 0.826.